The van der Waals surface area contributed by atoms with E-state index in [4.69, 9.17) is 4.84 Å². The summed E-state index contributed by atoms with van der Waals surface area (Å²) in [6.07, 6.45) is 4.58. The fraction of sp³-hybridized carbons (Fsp3) is 0.118. The van der Waals surface area contributed by atoms with Gasteiger partial charge in [-0.2, -0.15) is 0 Å². The van der Waals surface area contributed by atoms with Gasteiger partial charge in [-0.25, -0.2) is 9.36 Å². The minimum absolute atomic E-state index is 0.129. The van der Waals surface area contributed by atoms with Gasteiger partial charge >= 0.3 is 5.69 Å². The normalized spacial score (nSPS) is 10.3. The SMILES string of the molecule is C=CCONC(=C)c1ccc(-n2c(O)cn(CC=C)c2=O)cc1. The Labute approximate surface area is 134 Å². The smallest absolute Gasteiger partial charge is 0.335 e. The molecule has 1 heterocycles. The molecular formula is C17H19N3O3. The molecule has 0 atom stereocenters. The number of hydroxylamine groups is 1. The summed E-state index contributed by atoms with van der Waals surface area (Å²) in [6.45, 7) is 11.7. The lowest BCUT2D eigenvalue weighted by molar-refractivity contribution is 0.104. The molecule has 6 heteroatoms. The average molecular weight is 313 g/mol. The fourth-order valence-electron chi connectivity index (χ4n) is 2.05. The Hall–Kier alpha value is -2.99. The van der Waals surface area contributed by atoms with Crippen LogP contribution in [-0.2, 0) is 11.4 Å². The zero-order valence-electron chi connectivity index (χ0n) is 12.7. The molecule has 0 amide bonds. The van der Waals surface area contributed by atoms with Crippen LogP contribution in [0.15, 0.2) is 67.1 Å². The molecule has 0 saturated heterocycles. The molecule has 2 aromatic rings. The van der Waals surface area contributed by atoms with Crippen LogP contribution in [0.5, 0.6) is 5.88 Å². The van der Waals surface area contributed by atoms with E-state index >= 15 is 0 Å². The Balaban J connectivity index is 2.23. The van der Waals surface area contributed by atoms with Crippen molar-refractivity contribution in [2.45, 2.75) is 6.54 Å². The lowest BCUT2D eigenvalue weighted by atomic mass is 10.1. The van der Waals surface area contributed by atoms with Gasteiger partial charge in [0.15, 0.2) is 0 Å². The monoisotopic (exact) mass is 313 g/mol. The molecule has 2 rings (SSSR count). The summed E-state index contributed by atoms with van der Waals surface area (Å²) in [7, 11) is 0. The minimum Gasteiger partial charge on any atom is -0.493 e. The molecule has 0 radical (unpaired) electrons. The predicted molar refractivity (Wildman–Crippen MR) is 90.2 cm³/mol. The second-order valence-electron chi connectivity index (χ2n) is 4.77. The van der Waals surface area contributed by atoms with E-state index in [0.717, 1.165) is 5.56 Å². The van der Waals surface area contributed by atoms with E-state index in [1.165, 1.54) is 15.3 Å². The largest absolute Gasteiger partial charge is 0.493 e. The van der Waals surface area contributed by atoms with E-state index in [-0.39, 0.29) is 11.6 Å². The van der Waals surface area contributed by atoms with Crippen LogP contribution >= 0.6 is 0 Å². The molecular weight excluding hydrogens is 294 g/mol. The van der Waals surface area contributed by atoms with Crippen molar-refractivity contribution in [1.29, 1.82) is 0 Å². The number of imidazole rings is 1. The molecule has 0 aliphatic carbocycles. The van der Waals surface area contributed by atoms with Crippen molar-refractivity contribution >= 4 is 5.70 Å². The first-order chi connectivity index (χ1) is 11.1. The third kappa shape index (κ3) is 3.61. The molecule has 23 heavy (non-hydrogen) atoms. The maximum absolute atomic E-state index is 12.2. The van der Waals surface area contributed by atoms with Gasteiger partial charge in [0.05, 0.1) is 24.2 Å². The van der Waals surface area contributed by atoms with Crippen LogP contribution in [0.4, 0.5) is 0 Å². The molecule has 1 aromatic carbocycles. The Bertz CT molecular complexity index is 769. The molecule has 0 fully saturated rings. The zero-order chi connectivity index (χ0) is 16.8. The van der Waals surface area contributed by atoms with Gasteiger partial charge in [0.2, 0.25) is 5.88 Å². The standard InChI is InChI=1S/C17H19N3O3/c1-4-10-19-12-16(21)20(17(19)22)15-8-6-14(7-9-15)13(3)18-23-11-5-2/h4-9,12,18,21H,1-3,10-11H2. The molecule has 120 valence electrons. The van der Waals surface area contributed by atoms with E-state index in [1.54, 1.807) is 36.4 Å². The topological polar surface area (TPSA) is 68.4 Å². The summed E-state index contributed by atoms with van der Waals surface area (Å²) in [6, 6.07) is 6.99. The Morgan fingerprint density at radius 1 is 1.26 bits per heavy atom. The number of hydrogen-bond donors (Lipinski definition) is 2. The molecule has 2 N–H and O–H groups in total. The number of aromatic nitrogens is 2. The Morgan fingerprint density at radius 2 is 1.96 bits per heavy atom. The number of aromatic hydroxyl groups is 1. The zero-order valence-corrected chi connectivity index (χ0v) is 12.7. The van der Waals surface area contributed by atoms with Crippen LogP contribution in [0.3, 0.4) is 0 Å². The highest BCUT2D eigenvalue weighted by Gasteiger charge is 2.11. The first kappa shape index (κ1) is 16.4. The van der Waals surface area contributed by atoms with Gasteiger partial charge < -0.3 is 5.11 Å². The summed E-state index contributed by atoms with van der Waals surface area (Å²) >= 11 is 0. The van der Waals surface area contributed by atoms with Crippen molar-refractivity contribution in [3.8, 4) is 11.6 Å². The maximum Gasteiger partial charge on any atom is 0.335 e. The molecule has 0 aliphatic rings. The number of allylic oxidation sites excluding steroid dienone is 1. The van der Waals surface area contributed by atoms with Gasteiger partial charge in [0.25, 0.3) is 0 Å². The lowest BCUT2D eigenvalue weighted by Crippen LogP contribution is -2.22. The molecule has 0 saturated carbocycles. The van der Waals surface area contributed by atoms with E-state index < -0.39 is 0 Å². The summed E-state index contributed by atoms with van der Waals surface area (Å²) < 4.78 is 2.59. The Kier molecular flexibility index (Phi) is 5.22. The predicted octanol–water partition coefficient (Wildman–Crippen LogP) is 2.21. The lowest BCUT2D eigenvalue weighted by Gasteiger charge is -2.09. The van der Waals surface area contributed by atoms with E-state index in [1.807, 2.05) is 0 Å². The third-order valence-electron chi connectivity index (χ3n) is 3.13. The minimum atomic E-state index is -0.332. The van der Waals surface area contributed by atoms with Crippen molar-refractivity contribution in [1.82, 2.24) is 14.6 Å². The van der Waals surface area contributed by atoms with Gasteiger partial charge in [-0.15, -0.1) is 13.2 Å². The fourth-order valence-corrected chi connectivity index (χ4v) is 2.05. The van der Waals surface area contributed by atoms with Crippen LogP contribution in [-0.4, -0.2) is 20.8 Å². The quantitative estimate of drug-likeness (QED) is 0.445. The van der Waals surface area contributed by atoms with Gasteiger partial charge in [0.1, 0.15) is 0 Å². The molecule has 0 bridgehead atoms. The summed E-state index contributed by atoms with van der Waals surface area (Å²) in [5.41, 5.74) is 4.31. The number of nitrogens with zero attached hydrogens (tertiary/aromatic N) is 2. The summed E-state index contributed by atoms with van der Waals surface area (Å²) in [5, 5.41) is 9.96. The highest BCUT2D eigenvalue weighted by atomic mass is 16.6. The summed E-state index contributed by atoms with van der Waals surface area (Å²) in [4.78, 5) is 17.3. The van der Waals surface area contributed by atoms with Crippen molar-refractivity contribution in [3.05, 3.63) is 78.4 Å². The van der Waals surface area contributed by atoms with Crippen LogP contribution in [0, 0.1) is 0 Å². The van der Waals surface area contributed by atoms with Gasteiger partial charge in [-0.3, -0.25) is 14.9 Å². The first-order valence-electron chi connectivity index (χ1n) is 6.99. The molecule has 1 aromatic heterocycles. The number of hydrogen-bond acceptors (Lipinski definition) is 4. The molecule has 0 aliphatic heterocycles. The van der Waals surface area contributed by atoms with Crippen molar-refractivity contribution in [3.63, 3.8) is 0 Å². The highest BCUT2D eigenvalue weighted by Crippen LogP contribution is 2.17. The van der Waals surface area contributed by atoms with Crippen LogP contribution in [0.2, 0.25) is 0 Å². The number of benzene rings is 1. The van der Waals surface area contributed by atoms with Gasteiger partial charge in [-0.05, 0) is 17.7 Å². The Morgan fingerprint density at radius 3 is 2.57 bits per heavy atom. The van der Waals surface area contributed by atoms with E-state index in [2.05, 4.69) is 25.2 Å². The van der Waals surface area contributed by atoms with E-state index in [0.29, 0.717) is 24.5 Å². The summed E-state index contributed by atoms with van der Waals surface area (Å²) in [5.74, 6) is -0.129. The third-order valence-corrected chi connectivity index (χ3v) is 3.13. The van der Waals surface area contributed by atoms with Gasteiger partial charge in [0, 0.05) is 6.54 Å². The molecule has 0 unspecified atom stereocenters. The second kappa shape index (κ2) is 7.33. The maximum atomic E-state index is 12.2. The molecule has 0 spiro atoms. The second-order valence-corrected chi connectivity index (χ2v) is 4.77. The molecule has 6 nitrogen and oxygen atoms in total. The van der Waals surface area contributed by atoms with Crippen molar-refractivity contribution in [2.75, 3.05) is 6.61 Å². The first-order valence-corrected chi connectivity index (χ1v) is 6.99. The highest BCUT2D eigenvalue weighted by molar-refractivity contribution is 5.62. The average Bonchev–Trinajstić information content (AvgIpc) is 2.82. The number of rotatable bonds is 8. The van der Waals surface area contributed by atoms with Crippen LogP contribution in [0.25, 0.3) is 11.4 Å². The van der Waals surface area contributed by atoms with E-state index in [9.17, 15) is 9.90 Å². The van der Waals surface area contributed by atoms with Crippen LogP contribution < -0.4 is 11.2 Å². The van der Waals surface area contributed by atoms with Gasteiger partial charge in [-0.1, -0.05) is 30.9 Å². The van der Waals surface area contributed by atoms with Crippen molar-refractivity contribution < 1.29 is 9.94 Å². The van der Waals surface area contributed by atoms with Crippen molar-refractivity contribution in [2.24, 2.45) is 0 Å². The van der Waals surface area contributed by atoms with Crippen LogP contribution in [0.1, 0.15) is 5.56 Å². The number of nitrogens with one attached hydrogen (secondary N) is 1.